The standard InChI is InChI=1S/C13H17N3O3/c1-2-10-7-9(8-15-14)3-4-11(10)16-12(17)5-6-13(18)19/h3-4,7-8H,2,5-6,14H2,1H3,(H,16,17)(H,18,19). The molecule has 6 nitrogen and oxygen atoms in total. The fourth-order valence-corrected chi connectivity index (χ4v) is 1.63. The van der Waals surface area contributed by atoms with Crippen molar-refractivity contribution >= 4 is 23.8 Å². The van der Waals surface area contributed by atoms with E-state index < -0.39 is 5.97 Å². The van der Waals surface area contributed by atoms with E-state index in [0.29, 0.717) is 5.69 Å². The molecular weight excluding hydrogens is 246 g/mol. The molecule has 0 fully saturated rings. The summed E-state index contributed by atoms with van der Waals surface area (Å²) in [6.45, 7) is 1.96. The Hall–Kier alpha value is -2.37. The Morgan fingerprint density at radius 2 is 2.16 bits per heavy atom. The molecule has 1 amide bonds. The molecule has 102 valence electrons. The minimum atomic E-state index is -0.986. The zero-order chi connectivity index (χ0) is 14.3. The first-order chi connectivity index (χ1) is 9.06. The van der Waals surface area contributed by atoms with Crippen molar-refractivity contribution in [3.05, 3.63) is 29.3 Å². The van der Waals surface area contributed by atoms with E-state index in [1.807, 2.05) is 13.0 Å². The lowest BCUT2D eigenvalue weighted by Crippen LogP contribution is -2.14. The molecule has 4 N–H and O–H groups in total. The normalized spacial score (nSPS) is 10.6. The van der Waals surface area contributed by atoms with Crippen LogP contribution in [0.25, 0.3) is 0 Å². The number of aryl methyl sites for hydroxylation is 1. The number of carboxylic acids is 1. The summed E-state index contributed by atoms with van der Waals surface area (Å²) in [4.78, 5) is 22.0. The van der Waals surface area contributed by atoms with Crippen molar-refractivity contribution in [1.29, 1.82) is 0 Å². The highest BCUT2D eigenvalue weighted by Crippen LogP contribution is 2.18. The third kappa shape index (κ3) is 4.79. The first-order valence-corrected chi connectivity index (χ1v) is 5.94. The van der Waals surface area contributed by atoms with Crippen LogP contribution in [0.15, 0.2) is 23.3 Å². The number of carboxylic acid groups (broad SMARTS) is 1. The van der Waals surface area contributed by atoms with Gasteiger partial charge in [0, 0.05) is 12.1 Å². The number of nitrogens with one attached hydrogen (secondary N) is 1. The van der Waals surface area contributed by atoms with Gasteiger partial charge in [-0.15, -0.1) is 0 Å². The molecule has 19 heavy (non-hydrogen) atoms. The molecule has 0 atom stereocenters. The van der Waals surface area contributed by atoms with E-state index in [1.54, 1.807) is 12.1 Å². The highest BCUT2D eigenvalue weighted by Gasteiger charge is 2.08. The predicted molar refractivity (Wildman–Crippen MR) is 73.1 cm³/mol. The summed E-state index contributed by atoms with van der Waals surface area (Å²) in [6.07, 6.45) is 2.05. The number of hydrogen-bond acceptors (Lipinski definition) is 4. The smallest absolute Gasteiger partial charge is 0.303 e. The zero-order valence-electron chi connectivity index (χ0n) is 10.7. The number of benzene rings is 1. The summed E-state index contributed by atoms with van der Waals surface area (Å²) in [5.41, 5.74) is 2.48. The molecule has 0 heterocycles. The maximum atomic E-state index is 11.6. The van der Waals surface area contributed by atoms with Gasteiger partial charge in [-0.1, -0.05) is 13.0 Å². The third-order valence-corrected chi connectivity index (χ3v) is 2.57. The van der Waals surface area contributed by atoms with Crippen molar-refractivity contribution in [2.75, 3.05) is 5.32 Å². The second-order valence-electron chi connectivity index (χ2n) is 3.99. The molecular formula is C13H17N3O3. The molecule has 0 aliphatic rings. The van der Waals surface area contributed by atoms with E-state index in [0.717, 1.165) is 17.5 Å². The number of nitrogens with two attached hydrogens (primary N) is 1. The summed E-state index contributed by atoms with van der Waals surface area (Å²) in [7, 11) is 0. The first kappa shape index (κ1) is 14.7. The summed E-state index contributed by atoms with van der Waals surface area (Å²) < 4.78 is 0. The fraction of sp³-hybridized carbons (Fsp3) is 0.308. The molecule has 0 aliphatic heterocycles. The average Bonchev–Trinajstić information content (AvgIpc) is 2.38. The lowest BCUT2D eigenvalue weighted by atomic mass is 10.1. The number of carbonyl (C=O) groups excluding carboxylic acids is 1. The topological polar surface area (TPSA) is 105 Å². The molecule has 0 spiro atoms. The lowest BCUT2D eigenvalue weighted by molar-refractivity contribution is -0.138. The maximum Gasteiger partial charge on any atom is 0.303 e. The molecule has 0 aliphatic carbocycles. The summed E-state index contributed by atoms with van der Waals surface area (Å²) in [6, 6.07) is 5.42. The number of anilines is 1. The number of carbonyl (C=O) groups is 2. The summed E-state index contributed by atoms with van der Waals surface area (Å²) >= 11 is 0. The number of hydrogen-bond donors (Lipinski definition) is 3. The van der Waals surface area contributed by atoms with Crippen molar-refractivity contribution in [2.45, 2.75) is 26.2 Å². The Bertz CT molecular complexity index is 498. The van der Waals surface area contributed by atoms with Crippen LogP contribution in [0.1, 0.15) is 30.9 Å². The first-order valence-electron chi connectivity index (χ1n) is 5.94. The third-order valence-electron chi connectivity index (χ3n) is 2.57. The van der Waals surface area contributed by atoms with Crippen LogP contribution in [0.5, 0.6) is 0 Å². The van der Waals surface area contributed by atoms with Gasteiger partial charge in [0.05, 0.1) is 12.6 Å². The quantitative estimate of drug-likeness (QED) is 0.409. The van der Waals surface area contributed by atoms with Crippen LogP contribution >= 0.6 is 0 Å². The predicted octanol–water partition coefficient (Wildman–Crippen LogP) is 1.34. The van der Waals surface area contributed by atoms with Crippen molar-refractivity contribution in [3.63, 3.8) is 0 Å². The number of aliphatic carboxylic acids is 1. The zero-order valence-corrected chi connectivity index (χ0v) is 10.7. The van der Waals surface area contributed by atoms with E-state index >= 15 is 0 Å². The minimum Gasteiger partial charge on any atom is -0.481 e. The summed E-state index contributed by atoms with van der Waals surface area (Å²) in [5, 5.41) is 14.7. The van der Waals surface area contributed by atoms with Crippen molar-refractivity contribution < 1.29 is 14.7 Å². The van der Waals surface area contributed by atoms with E-state index in [2.05, 4.69) is 10.4 Å². The Morgan fingerprint density at radius 3 is 2.74 bits per heavy atom. The molecule has 0 saturated carbocycles. The van der Waals surface area contributed by atoms with E-state index in [4.69, 9.17) is 10.9 Å². The van der Waals surface area contributed by atoms with Crippen LogP contribution in [0.4, 0.5) is 5.69 Å². The van der Waals surface area contributed by atoms with Crippen LogP contribution < -0.4 is 11.2 Å². The molecule has 6 heteroatoms. The molecule has 1 rings (SSSR count). The van der Waals surface area contributed by atoms with Gasteiger partial charge in [0.25, 0.3) is 0 Å². The van der Waals surface area contributed by atoms with Crippen molar-refractivity contribution in [2.24, 2.45) is 10.9 Å². The van der Waals surface area contributed by atoms with Crippen LogP contribution in [0, 0.1) is 0 Å². The Kier molecular flexibility index (Phi) is 5.53. The number of hydrazone groups is 1. The van der Waals surface area contributed by atoms with Gasteiger partial charge in [-0.3, -0.25) is 9.59 Å². The Labute approximate surface area is 111 Å². The lowest BCUT2D eigenvalue weighted by Gasteiger charge is -2.10. The maximum absolute atomic E-state index is 11.6. The van der Waals surface area contributed by atoms with Crippen molar-refractivity contribution in [1.82, 2.24) is 0 Å². The second-order valence-corrected chi connectivity index (χ2v) is 3.99. The van der Waals surface area contributed by atoms with E-state index in [1.165, 1.54) is 6.21 Å². The van der Waals surface area contributed by atoms with Gasteiger partial charge in [0.1, 0.15) is 0 Å². The fourth-order valence-electron chi connectivity index (χ4n) is 1.63. The highest BCUT2D eigenvalue weighted by atomic mass is 16.4. The number of rotatable bonds is 6. The average molecular weight is 263 g/mol. The molecule has 0 saturated heterocycles. The molecule has 1 aromatic rings. The SMILES string of the molecule is CCc1cc(C=NN)ccc1NC(=O)CCC(=O)O. The highest BCUT2D eigenvalue weighted by molar-refractivity contribution is 5.93. The molecule has 0 bridgehead atoms. The van der Waals surface area contributed by atoms with Gasteiger partial charge in [-0.05, 0) is 29.7 Å². The van der Waals surface area contributed by atoms with Gasteiger partial charge in [0.15, 0.2) is 0 Å². The van der Waals surface area contributed by atoms with Gasteiger partial charge >= 0.3 is 5.97 Å². The monoisotopic (exact) mass is 263 g/mol. The van der Waals surface area contributed by atoms with Crippen LogP contribution in [-0.4, -0.2) is 23.2 Å². The van der Waals surface area contributed by atoms with Gasteiger partial charge < -0.3 is 16.3 Å². The van der Waals surface area contributed by atoms with Crippen LogP contribution in [-0.2, 0) is 16.0 Å². The molecule has 0 radical (unpaired) electrons. The Morgan fingerprint density at radius 1 is 1.42 bits per heavy atom. The molecule has 0 unspecified atom stereocenters. The molecule has 0 aromatic heterocycles. The van der Waals surface area contributed by atoms with Gasteiger partial charge in [0.2, 0.25) is 5.91 Å². The summed E-state index contributed by atoms with van der Waals surface area (Å²) in [5.74, 6) is 3.79. The largest absolute Gasteiger partial charge is 0.481 e. The Balaban J connectivity index is 2.77. The second kappa shape index (κ2) is 7.15. The van der Waals surface area contributed by atoms with Crippen molar-refractivity contribution in [3.8, 4) is 0 Å². The van der Waals surface area contributed by atoms with E-state index in [-0.39, 0.29) is 18.7 Å². The van der Waals surface area contributed by atoms with Gasteiger partial charge in [-0.2, -0.15) is 5.10 Å². The van der Waals surface area contributed by atoms with E-state index in [9.17, 15) is 9.59 Å². The van der Waals surface area contributed by atoms with Gasteiger partial charge in [-0.25, -0.2) is 0 Å². The van der Waals surface area contributed by atoms with Crippen LogP contribution in [0.2, 0.25) is 0 Å². The molecule has 1 aromatic carbocycles. The number of nitrogens with zero attached hydrogens (tertiary/aromatic N) is 1. The number of amides is 1. The van der Waals surface area contributed by atoms with Crippen LogP contribution in [0.3, 0.4) is 0 Å². The minimum absolute atomic E-state index is 0.0372.